The fraction of sp³-hybridized carbons (Fsp3) is 0.182. The average molecular weight is 300 g/mol. The Balaban J connectivity index is 3.00. The first-order valence-electron chi connectivity index (χ1n) is 5.39. The van der Waals surface area contributed by atoms with Gasteiger partial charge < -0.3 is 21.9 Å². The maximum absolute atomic E-state index is 12.1. The molecule has 0 unspecified atom stereocenters. The van der Waals surface area contributed by atoms with Crippen molar-refractivity contribution in [2.75, 3.05) is 6.61 Å². The molecule has 1 rings (SSSR count). The first kappa shape index (κ1) is 16.1. The van der Waals surface area contributed by atoms with Gasteiger partial charge in [-0.3, -0.25) is 0 Å². The normalized spacial score (nSPS) is 11.6. The molecule has 0 heterocycles. The van der Waals surface area contributed by atoms with Crippen LogP contribution in [0.2, 0.25) is 0 Å². The zero-order chi connectivity index (χ0) is 16.0. The molecule has 10 heteroatoms. The number of guanidine groups is 2. The van der Waals surface area contributed by atoms with Crippen molar-refractivity contribution in [2.45, 2.75) is 6.18 Å². The van der Waals surface area contributed by atoms with Crippen molar-refractivity contribution in [1.29, 1.82) is 5.26 Å². The molecule has 0 fully saturated rings. The Morgan fingerprint density at radius 2 is 1.95 bits per heavy atom. The minimum Gasteiger partial charge on any atom is -0.483 e. The van der Waals surface area contributed by atoms with Crippen LogP contribution in [0.3, 0.4) is 0 Å². The summed E-state index contributed by atoms with van der Waals surface area (Å²) in [5.41, 5.74) is 15.6. The van der Waals surface area contributed by atoms with Crippen molar-refractivity contribution in [1.82, 2.24) is 0 Å². The van der Waals surface area contributed by atoms with Crippen LogP contribution < -0.4 is 21.9 Å². The van der Waals surface area contributed by atoms with Gasteiger partial charge in [-0.25, -0.2) is 4.99 Å². The molecule has 6 N–H and O–H groups in total. The molecule has 0 aromatic heterocycles. The van der Waals surface area contributed by atoms with E-state index >= 15 is 0 Å². The lowest BCUT2D eigenvalue weighted by Crippen LogP contribution is -2.26. The first-order chi connectivity index (χ1) is 9.71. The second-order valence-corrected chi connectivity index (χ2v) is 3.70. The minimum atomic E-state index is -4.50. The van der Waals surface area contributed by atoms with E-state index in [4.69, 9.17) is 22.5 Å². The summed E-state index contributed by atoms with van der Waals surface area (Å²) in [5, 5.41) is 8.89. The van der Waals surface area contributed by atoms with E-state index < -0.39 is 12.8 Å². The van der Waals surface area contributed by atoms with Crippen LogP contribution in [0.25, 0.3) is 0 Å². The topological polar surface area (TPSA) is 136 Å². The number of alkyl halides is 3. The monoisotopic (exact) mass is 300 g/mol. The maximum Gasteiger partial charge on any atom is 0.422 e. The number of rotatable bonds is 3. The Morgan fingerprint density at radius 1 is 1.29 bits per heavy atom. The molecular weight excluding hydrogens is 289 g/mol. The molecule has 0 radical (unpaired) electrons. The van der Waals surface area contributed by atoms with Crippen LogP contribution in [0, 0.1) is 11.3 Å². The predicted octanol–water partition coefficient (Wildman–Crippen LogP) is 0.719. The molecule has 0 aliphatic rings. The summed E-state index contributed by atoms with van der Waals surface area (Å²) in [7, 11) is 0. The molecule has 0 saturated heterocycles. The summed E-state index contributed by atoms with van der Waals surface area (Å²) >= 11 is 0. The van der Waals surface area contributed by atoms with Crippen molar-refractivity contribution in [2.24, 2.45) is 27.2 Å². The van der Waals surface area contributed by atoms with Crippen LogP contribution in [0.5, 0.6) is 5.75 Å². The molecule has 0 amide bonds. The summed E-state index contributed by atoms with van der Waals surface area (Å²) < 4.78 is 40.7. The highest BCUT2D eigenvalue weighted by Crippen LogP contribution is 2.26. The van der Waals surface area contributed by atoms with Crippen LogP contribution >= 0.6 is 0 Å². The molecule has 0 saturated carbocycles. The zero-order valence-electron chi connectivity index (χ0n) is 10.6. The highest BCUT2D eigenvalue weighted by Gasteiger charge is 2.28. The van der Waals surface area contributed by atoms with Gasteiger partial charge in [-0.1, -0.05) is 0 Å². The largest absolute Gasteiger partial charge is 0.483 e. The van der Waals surface area contributed by atoms with Crippen LogP contribution in [-0.4, -0.2) is 24.7 Å². The fourth-order valence-corrected chi connectivity index (χ4v) is 1.25. The van der Waals surface area contributed by atoms with Crippen LogP contribution in [-0.2, 0) is 0 Å². The summed E-state index contributed by atoms with van der Waals surface area (Å²) in [6.07, 6.45) is -4.50. The molecule has 21 heavy (non-hydrogen) atoms. The van der Waals surface area contributed by atoms with Crippen LogP contribution in [0.4, 0.5) is 18.9 Å². The Morgan fingerprint density at radius 3 is 2.48 bits per heavy atom. The van der Waals surface area contributed by atoms with Crippen molar-refractivity contribution >= 4 is 17.6 Å². The van der Waals surface area contributed by atoms with Gasteiger partial charge in [0, 0.05) is 0 Å². The zero-order valence-corrected chi connectivity index (χ0v) is 10.6. The molecule has 0 bridgehead atoms. The van der Waals surface area contributed by atoms with E-state index in [1.54, 1.807) is 6.07 Å². The lowest BCUT2D eigenvalue weighted by molar-refractivity contribution is -0.153. The third-order valence-electron chi connectivity index (χ3n) is 1.96. The van der Waals surface area contributed by atoms with E-state index in [2.05, 4.69) is 14.7 Å². The molecular formula is C11H11F3N6O. The van der Waals surface area contributed by atoms with E-state index in [9.17, 15) is 13.2 Å². The SMILES string of the molecule is N#Cc1cc(N=C(N)N=C(N)N)ccc1OCC(F)(F)F. The second-order valence-electron chi connectivity index (χ2n) is 3.70. The van der Waals surface area contributed by atoms with Gasteiger partial charge in [-0.05, 0) is 18.2 Å². The van der Waals surface area contributed by atoms with E-state index in [0.717, 1.165) is 0 Å². The van der Waals surface area contributed by atoms with Crippen molar-refractivity contribution in [3.05, 3.63) is 23.8 Å². The number of halogens is 3. The number of nitrogens with two attached hydrogens (primary N) is 3. The summed E-state index contributed by atoms with van der Waals surface area (Å²) in [6.45, 7) is -1.50. The number of nitrogens with zero attached hydrogens (tertiary/aromatic N) is 3. The fourth-order valence-electron chi connectivity index (χ4n) is 1.25. The van der Waals surface area contributed by atoms with E-state index in [1.807, 2.05) is 0 Å². The molecule has 112 valence electrons. The average Bonchev–Trinajstić information content (AvgIpc) is 2.34. The van der Waals surface area contributed by atoms with Gasteiger partial charge in [0.05, 0.1) is 11.3 Å². The minimum absolute atomic E-state index is 0.127. The van der Waals surface area contributed by atoms with Gasteiger partial charge in [0.1, 0.15) is 11.8 Å². The standard InChI is InChI=1S/C11H11F3N6O/c12-11(13,14)5-21-8-2-1-7(3-6(8)4-15)19-10(18)20-9(16)17/h1-3H,5H2,(H6,16,17,18,19,20). The van der Waals surface area contributed by atoms with Crippen molar-refractivity contribution in [3.8, 4) is 11.8 Å². The summed E-state index contributed by atoms with van der Waals surface area (Å²) in [5.74, 6) is -0.779. The summed E-state index contributed by atoms with van der Waals surface area (Å²) in [6, 6.07) is 5.37. The molecule has 0 atom stereocenters. The lowest BCUT2D eigenvalue weighted by Gasteiger charge is -2.10. The Hall–Kier alpha value is -2.96. The van der Waals surface area contributed by atoms with Crippen molar-refractivity contribution < 1.29 is 17.9 Å². The van der Waals surface area contributed by atoms with Gasteiger partial charge in [0.2, 0.25) is 5.96 Å². The Labute approximate surface area is 117 Å². The Bertz CT molecular complexity index is 613. The quantitative estimate of drug-likeness (QED) is 0.558. The highest BCUT2D eigenvalue weighted by atomic mass is 19.4. The molecule has 0 aliphatic heterocycles. The van der Waals surface area contributed by atoms with Crippen molar-refractivity contribution in [3.63, 3.8) is 0 Å². The third-order valence-corrected chi connectivity index (χ3v) is 1.96. The maximum atomic E-state index is 12.1. The van der Waals surface area contributed by atoms with Gasteiger partial charge in [-0.15, -0.1) is 0 Å². The molecule has 1 aromatic rings. The van der Waals surface area contributed by atoms with E-state index in [0.29, 0.717) is 0 Å². The van der Waals surface area contributed by atoms with Crippen LogP contribution in [0.15, 0.2) is 28.2 Å². The number of nitriles is 1. The molecule has 7 nitrogen and oxygen atoms in total. The Kier molecular flexibility index (Phi) is 4.96. The van der Waals surface area contributed by atoms with Gasteiger partial charge in [0.15, 0.2) is 12.6 Å². The van der Waals surface area contributed by atoms with Gasteiger partial charge >= 0.3 is 6.18 Å². The smallest absolute Gasteiger partial charge is 0.422 e. The molecule has 0 spiro atoms. The molecule has 1 aromatic carbocycles. The summed E-state index contributed by atoms with van der Waals surface area (Å²) in [4.78, 5) is 7.23. The number of benzene rings is 1. The number of hydrogen-bond donors (Lipinski definition) is 3. The van der Waals surface area contributed by atoms with Gasteiger partial charge in [-0.2, -0.15) is 23.4 Å². The van der Waals surface area contributed by atoms with Crippen LogP contribution in [0.1, 0.15) is 5.56 Å². The predicted molar refractivity (Wildman–Crippen MR) is 69.8 cm³/mol. The third kappa shape index (κ3) is 5.68. The number of ether oxygens (including phenoxy) is 1. The van der Waals surface area contributed by atoms with E-state index in [1.165, 1.54) is 18.2 Å². The first-order valence-corrected chi connectivity index (χ1v) is 5.39. The second kappa shape index (κ2) is 6.47. The van der Waals surface area contributed by atoms with E-state index in [-0.39, 0.29) is 28.9 Å². The molecule has 0 aliphatic carbocycles. The highest BCUT2D eigenvalue weighted by molar-refractivity contribution is 5.93. The number of hydrogen-bond acceptors (Lipinski definition) is 3. The number of aliphatic imine (C=N–C) groups is 2. The van der Waals surface area contributed by atoms with Gasteiger partial charge in [0.25, 0.3) is 0 Å². The lowest BCUT2D eigenvalue weighted by atomic mass is 10.2.